The van der Waals surface area contributed by atoms with Crippen LogP contribution in [0.25, 0.3) is 0 Å². The zero-order valence-corrected chi connectivity index (χ0v) is 8.48. The second-order valence-corrected chi connectivity index (χ2v) is 4.59. The van der Waals surface area contributed by atoms with Crippen molar-refractivity contribution >= 4 is 10.2 Å². The third-order valence-corrected chi connectivity index (χ3v) is 2.60. The molecule has 0 aliphatic heterocycles. The molecule has 74 valence electrons. The smallest absolute Gasteiger partial charge is 0.276 e. The number of nitrogens with two attached hydrogens (primary N) is 1. The molecular weight excluding hydrogens is 178 g/mol. The van der Waals surface area contributed by atoms with Crippen molar-refractivity contribution < 1.29 is 8.42 Å². The van der Waals surface area contributed by atoms with Crippen molar-refractivity contribution in [3.63, 3.8) is 0 Å². The van der Waals surface area contributed by atoms with Crippen LogP contribution in [-0.2, 0) is 10.2 Å². The minimum atomic E-state index is -3.32. The summed E-state index contributed by atoms with van der Waals surface area (Å²) in [5.74, 6) is 0. The molecule has 6 heteroatoms. The Balaban J connectivity index is 3.93. The molecule has 0 aliphatic rings. The molecule has 0 saturated carbocycles. The first-order valence-electron chi connectivity index (χ1n) is 3.83. The average molecular weight is 195 g/mol. The van der Waals surface area contributed by atoms with Gasteiger partial charge in [-0.3, -0.25) is 0 Å². The van der Waals surface area contributed by atoms with Crippen LogP contribution in [0.5, 0.6) is 0 Å². The number of hydrogen-bond donors (Lipinski definition) is 3. The molecule has 0 spiro atoms. The average Bonchev–Trinajstić information content (AvgIpc) is 1.84. The van der Waals surface area contributed by atoms with E-state index < -0.39 is 10.2 Å². The van der Waals surface area contributed by atoms with Crippen LogP contribution in [0.2, 0.25) is 0 Å². The SMILES string of the molecule is CNS(=O)(=O)NC(C)CC(C)N. The van der Waals surface area contributed by atoms with Crippen molar-refractivity contribution in [1.29, 1.82) is 0 Å². The summed E-state index contributed by atoms with van der Waals surface area (Å²) in [7, 11) is -1.96. The van der Waals surface area contributed by atoms with Crippen LogP contribution in [0.4, 0.5) is 0 Å². The Morgan fingerprint density at radius 3 is 2.25 bits per heavy atom. The van der Waals surface area contributed by atoms with Gasteiger partial charge in [-0.1, -0.05) is 0 Å². The normalized spacial score (nSPS) is 17.3. The number of rotatable bonds is 5. The maximum Gasteiger partial charge on any atom is 0.276 e. The topological polar surface area (TPSA) is 84.2 Å². The molecule has 0 fully saturated rings. The lowest BCUT2D eigenvalue weighted by Gasteiger charge is -2.14. The summed E-state index contributed by atoms with van der Waals surface area (Å²) in [6.45, 7) is 3.61. The van der Waals surface area contributed by atoms with Crippen LogP contribution < -0.4 is 15.2 Å². The minimum absolute atomic E-state index is 0.000411. The third kappa shape index (κ3) is 5.48. The Morgan fingerprint density at radius 1 is 1.42 bits per heavy atom. The number of nitrogens with one attached hydrogen (secondary N) is 2. The Kier molecular flexibility index (Phi) is 4.69. The fourth-order valence-corrected chi connectivity index (χ4v) is 1.67. The van der Waals surface area contributed by atoms with E-state index in [9.17, 15) is 8.42 Å². The molecule has 0 rings (SSSR count). The molecule has 0 aromatic heterocycles. The van der Waals surface area contributed by atoms with Crippen LogP contribution in [0, 0.1) is 0 Å². The van der Waals surface area contributed by atoms with Gasteiger partial charge in [0.05, 0.1) is 0 Å². The molecule has 0 aromatic rings. The van der Waals surface area contributed by atoms with E-state index in [2.05, 4.69) is 9.44 Å². The molecule has 0 radical (unpaired) electrons. The van der Waals surface area contributed by atoms with Crippen LogP contribution in [-0.4, -0.2) is 27.5 Å². The second-order valence-electron chi connectivity index (χ2n) is 2.94. The van der Waals surface area contributed by atoms with Gasteiger partial charge in [-0.25, -0.2) is 4.72 Å². The standard InChI is InChI=1S/C6H17N3O2S/c1-5(7)4-6(2)9-12(10,11)8-3/h5-6,8-9H,4,7H2,1-3H3. The summed E-state index contributed by atoms with van der Waals surface area (Å²) >= 11 is 0. The lowest BCUT2D eigenvalue weighted by atomic mass is 10.1. The van der Waals surface area contributed by atoms with E-state index in [0.29, 0.717) is 6.42 Å². The molecule has 0 aliphatic carbocycles. The first kappa shape index (κ1) is 11.8. The van der Waals surface area contributed by atoms with Crippen LogP contribution in [0.15, 0.2) is 0 Å². The molecule has 0 bridgehead atoms. The molecule has 0 amide bonds. The maximum absolute atomic E-state index is 10.9. The first-order valence-corrected chi connectivity index (χ1v) is 5.32. The van der Waals surface area contributed by atoms with E-state index in [4.69, 9.17) is 5.73 Å². The first-order chi connectivity index (χ1) is 5.37. The van der Waals surface area contributed by atoms with E-state index in [1.54, 1.807) is 6.92 Å². The largest absolute Gasteiger partial charge is 0.328 e. The lowest BCUT2D eigenvalue weighted by Crippen LogP contribution is -2.41. The summed E-state index contributed by atoms with van der Waals surface area (Å²) in [5, 5.41) is 0. The molecule has 12 heavy (non-hydrogen) atoms. The highest BCUT2D eigenvalue weighted by atomic mass is 32.2. The third-order valence-electron chi connectivity index (χ3n) is 1.35. The lowest BCUT2D eigenvalue weighted by molar-refractivity contribution is 0.514. The fraction of sp³-hybridized carbons (Fsp3) is 1.00. The Morgan fingerprint density at radius 2 is 1.92 bits per heavy atom. The van der Waals surface area contributed by atoms with Crippen LogP contribution in [0.1, 0.15) is 20.3 Å². The summed E-state index contributed by atoms with van der Waals surface area (Å²) < 4.78 is 26.4. The van der Waals surface area contributed by atoms with Gasteiger partial charge in [-0.15, -0.1) is 0 Å². The fourth-order valence-electron chi connectivity index (χ4n) is 0.930. The van der Waals surface area contributed by atoms with Gasteiger partial charge in [0.25, 0.3) is 10.2 Å². The Bertz CT molecular complexity index is 213. The van der Waals surface area contributed by atoms with Crippen molar-refractivity contribution in [2.24, 2.45) is 5.73 Å². The van der Waals surface area contributed by atoms with Crippen molar-refractivity contribution in [2.75, 3.05) is 7.05 Å². The predicted octanol–water partition coefficient (Wildman–Crippen LogP) is -0.834. The van der Waals surface area contributed by atoms with E-state index in [1.165, 1.54) is 7.05 Å². The van der Waals surface area contributed by atoms with Gasteiger partial charge < -0.3 is 5.73 Å². The molecule has 0 saturated heterocycles. The highest BCUT2D eigenvalue weighted by Gasteiger charge is 2.12. The van der Waals surface area contributed by atoms with Crippen molar-refractivity contribution in [2.45, 2.75) is 32.4 Å². The summed E-state index contributed by atoms with van der Waals surface area (Å²) in [5.41, 5.74) is 5.50. The molecule has 4 N–H and O–H groups in total. The molecule has 5 nitrogen and oxygen atoms in total. The van der Waals surface area contributed by atoms with Gasteiger partial charge in [-0.05, 0) is 20.3 Å². The summed E-state index contributed by atoms with van der Waals surface area (Å²) in [6.07, 6.45) is 0.626. The van der Waals surface area contributed by atoms with E-state index in [1.807, 2.05) is 6.92 Å². The highest BCUT2D eigenvalue weighted by molar-refractivity contribution is 7.87. The highest BCUT2D eigenvalue weighted by Crippen LogP contribution is 1.95. The quantitative estimate of drug-likeness (QED) is 0.535. The van der Waals surface area contributed by atoms with Gasteiger partial charge in [0.1, 0.15) is 0 Å². The molecule has 0 heterocycles. The van der Waals surface area contributed by atoms with Gasteiger partial charge in [-0.2, -0.15) is 13.1 Å². The van der Waals surface area contributed by atoms with Gasteiger partial charge in [0.15, 0.2) is 0 Å². The number of hydrogen-bond acceptors (Lipinski definition) is 3. The van der Waals surface area contributed by atoms with Crippen molar-refractivity contribution in [1.82, 2.24) is 9.44 Å². The Hall–Kier alpha value is -0.170. The Labute approximate surface area is 73.9 Å². The van der Waals surface area contributed by atoms with Gasteiger partial charge in [0.2, 0.25) is 0 Å². The molecule has 2 unspecified atom stereocenters. The second kappa shape index (κ2) is 4.76. The summed E-state index contributed by atoms with van der Waals surface area (Å²) in [4.78, 5) is 0. The van der Waals surface area contributed by atoms with Crippen molar-refractivity contribution in [3.8, 4) is 0 Å². The monoisotopic (exact) mass is 195 g/mol. The molecule has 0 aromatic carbocycles. The zero-order chi connectivity index (χ0) is 9.78. The maximum atomic E-state index is 10.9. The van der Waals surface area contributed by atoms with Gasteiger partial charge >= 0.3 is 0 Å². The molecular formula is C6H17N3O2S. The van der Waals surface area contributed by atoms with E-state index >= 15 is 0 Å². The molecule has 2 atom stereocenters. The van der Waals surface area contributed by atoms with E-state index in [0.717, 1.165) is 0 Å². The summed E-state index contributed by atoms with van der Waals surface area (Å²) in [6, 6.07) is -0.137. The van der Waals surface area contributed by atoms with Crippen molar-refractivity contribution in [3.05, 3.63) is 0 Å². The minimum Gasteiger partial charge on any atom is -0.328 e. The zero-order valence-electron chi connectivity index (χ0n) is 7.66. The van der Waals surface area contributed by atoms with Crippen LogP contribution in [0.3, 0.4) is 0 Å². The van der Waals surface area contributed by atoms with E-state index in [-0.39, 0.29) is 12.1 Å². The predicted molar refractivity (Wildman–Crippen MR) is 48.8 cm³/mol. The van der Waals surface area contributed by atoms with Crippen LogP contribution >= 0.6 is 0 Å². The van der Waals surface area contributed by atoms with Gasteiger partial charge in [0, 0.05) is 19.1 Å².